The molecule has 0 bridgehead atoms. The lowest BCUT2D eigenvalue weighted by atomic mass is 9.69. The predicted molar refractivity (Wildman–Crippen MR) is 77.4 cm³/mol. The highest BCUT2D eigenvalue weighted by atomic mass is 16.1. The van der Waals surface area contributed by atoms with Gasteiger partial charge in [0.2, 0.25) is 5.91 Å². The molecule has 0 fully saturated rings. The van der Waals surface area contributed by atoms with E-state index in [2.05, 4.69) is 44.8 Å². The van der Waals surface area contributed by atoms with Gasteiger partial charge in [-0.1, -0.05) is 34.6 Å². The number of nitrogens with two attached hydrogens (primary N) is 1. The third-order valence-corrected chi connectivity index (χ3v) is 3.99. The van der Waals surface area contributed by atoms with Gasteiger partial charge in [-0.05, 0) is 17.9 Å². The van der Waals surface area contributed by atoms with Crippen LogP contribution in [0.4, 0.5) is 0 Å². The van der Waals surface area contributed by atoms with Crippen molar-refractivity contribution in [1.29, 1.82) is 0 Å². The number of hydrogen-bond donors (Lipinski definition) is 2. The summed E-state index contributed by atoms with van der Waals surface area (Å²) < 4.78 is 0. The molecule has 0 saturated heterocycles. The molecule has 0 aromatic rings. The van der Waals surface area contributed by atoms with Crippen molar-refractivity contribution in [1.82, 2.24) is 10.2 Å². The molecule has 108 valence electrons. The number of amides is 1. The summed E-state index contributed by atoms with van der Waals surface area (Å²) in [7, 11) is 1.99. The number of rotatable bonds is 7. The monoisotopic (exact) mass is 257 g/mol. The molecule has 0 rings (SSSR count). The Bertz CT molecular complexity index is 256. The summed E-state index contributed by atoms with van der Waals surface area (Å²) in [4.78, 5) is 13.8. The standard InChI is InChI=1S/C14H31N3O/c1-13(2,3)14(4,5)11-16-12(18)7-9-17(6)10-8-15/h7-11,15H2,1-6H3,(H,16,18). The van der Waals surface area contributed by atoms with E-state index < -0.39 is 0 Å². The Morgan fingerprint density at radius 2 is 1.72 bits per heavy atom. The average molecular weight is 257 g/mol. The zero-order chi connectivity index (χ0) is 14.4. The van der Waals surface area contributed by atoms with E-state index in [4.69, 9.17) is 5.73 Å². The molecule has 0 saturated carbocycles. The Morgan fingerprint density at radius 1 is 1.17 bits per heavy atom. The molecule has 0 aliphatic rings. The van der Waals surface area contributed by atoms with E-state index in [0.29, 0.717) is 13.0 Å². The van der Waals surface area contributed by atoms with Gasteiger partial charge in [0.1, 0.15) is 0 Å². The topological polar surface area (TPSA) is 58.4 Å². The van der Waals surface area contributed by atoms with Crippen LogP contribution in [0.3, 0.4) is 0 Å². The molecule has 0 aliphatic heterocycles. The Hall–Kier alpha value is -0.610. The van der Waals surface area contributed by atoms with Crippen LogP contribution >= 0.6 is 0 Å². The largest absolute Gasteiger partial charge is 0.356 e. The van der Waals surface area contributed by atoms with Gasteiger partial charge in [-0.15, -0.1) is 0 Å². The fraction of sp³-hybridized carbons (Fsp3) is 0.929. The van der Waals surface area contributed by atoms with Gasteiger partial charge in [0, 0.05) is 32.6 Å². The van der Waals surface area contributed by atoms with Gasteiger partial charge < -0.3 is 16.0 Å². The Balaban J connectivity index is 3.98. The summed E-state index contributed by atoms with van der Waals surface area (Å²) in [5.74, 6) is 0.121. The highest BCUT2D eigenvalue weighted by Gasteiger charge is 2.32. The molecule has 0 spiro atoms. The zero-order valence-electron chi connectivity index (χ0n) is 13.0. The van der Waals surface area contributed by atoms with Gasteiger partial charge in [0.05, 0.1) is 0 Å². The molecular weight excluding hydrogens is 226 g/mol. The first-order chi connectivity index (χ1) is 8.10. The molecule has 4 heteroatoms. The number of nitrogens with one attached hydrogen (secondary N) is 1. The molecule has 0 aromatic carbocycles. The lowest BCUT2D eigenvalue weighted by molar-refractivity contribution is -0.122. The fourth-order valence-corrected chi connectivity index (χ4v) is 1.30. The molecule has 1 amide bonds. The zero-order valence-corrected chi connectivity index (χ0v) is 13.0. The van der Waals surface area contributed by atoms with Crippen molar-refractivity contribution in [3.63, 3.8) is 0 Å². The van der Waals surface area contributed by atoms with Crippen molar-refractivity contribution >= 4 is 5.91 Å². The number of carbonyl (C=O) groups excluding carboxylic acids is 1. The fourth-order valence-electron chi connectivity index (χ4n) is 1.30. The van der Waals surface area contributed by atoms with Crippen LogP contribution < -0.4 is 11.1 Å². The molecule has 0 unspecified atom stereocenters. The van der Waals surface area contributed by atoms with Crippen LogP contribution in [0.25, 0.3) is 0 Å². The summed E-state index contributed by atoms with van der Waals surface area (Å²) >= 11 is 0. The smallest absolute Gasteiger partial charge is 0.221 e. The van der Waals surface area contributed by atoms with Crippen molar-refractivity contribution in [2.75, 3.05) is 33.2 Å². The number of hydrogen-bond acceptors (Lipinski definition) is 3. The van der Waals surface area contributed by atoms with E-state index in [1.54, 1.807) is 0 Å². The van der Waals surface area contributed by atoms with E-state index in [-0.39, 0.29) is 16.7 Å². The van der Waals surface area contributed by atoms with Gasteiger partial charge in [0.15, 0.2) is 0 Å². The van der Waals surface area contributed by atoms with Crippen LogP contribution in [0, 0.1) is 10.8 Å². The average Bonchev–Trinajstić information content (AvgIpc) is 2.22. The van der Waals surface area contributed by atoms with Crippen molar-refractivity contribution in [2.45, 2.75) is 41.0 Å². The second-order valence-corrected chi connectivity index (χ2v) is 6.75. The van der Waals surface area contributed by atoms with Gasteiger partial charge in [-0.25, -0.2) is 0 Å². The van der Waals surface area contributed by atoms with E-state index in [9.17, 15) is 4.79 Å². The van der Waals surface area contributed by atoms with Crippen molar-refractivity contribution in [3.8, 4) is 0 Å². The molecule has 0 aliphatic carbocycles. The summed E-state index contributed by atoms with van der Waals surface area (Å²) in [6, 6.07) is 0. The lowest BCUT2D eigenvalue weighted by Gasteiger charge is -2.39. The second kappa shape index (κ2) is 7.10. The number of carbonyl (C=O) groups is 1. The molecule has 0 atom stereocenters. The summed E-state index contributed by atoms with van der Waals surface area (Å²) in [6.45, 7) is 13.9. The molecule has 4 nitrogen and oxygen atoms in total. The Morgan fingerprint density at radius 3 is 2.17 bits per heavy atom. The summed E-state index contributed by atoms with van der Waals surface area (Å²) in [5, 5.41) is 3.03. The van der Waals surface area contributed by atoms with Crippen LogP contribution in [-0.2, 0) is 4.79 Å². The van der Waals surface area contributed by atoms with E-state index in [1.165, 1.54) is 0 Å². The molecule has 0 heterocycles. The third kappa shape index (κ3) is 6.36. The van der Waals surface area contributed by atoms with E-state index in [1.807, 2.05) is 7.05 Å². The third-order valence-electron chi connectivity index (χ3n) is 3.99. The van der Waals surface area contributed by atoms with Crippen molar-refractivity contribution < 1.29 is 4.79 Å². The maximum atomic E-state index is 11.8. The SMILES string of the molecule is CN(CCN)CCC(=O)NCC(C)(C)C(C)(C)C. The maximum Gasteiger partial charge on any atom is 0.221 e. The first-order valence-electron chi connectivity index (χ1n) is 6.75. The number of likely N-dealkylation sites (N-methyl/N-ethyl adjacent to an activating group) is 1. The van der Waals surface area contributed by atoms with Gasteiger partial charge in [-0.3, -0.25) is 4.79 Å². The minimum Gasteiger partial charge on any atom is -0.356 e. The second-order valence-electron chi connectivity index (χ2n) is 6.75. The molecular formula is C14H31N3O. The van der Waals surface area contributed by atoms with E-state index in [0.717, 1.165) is 19.6 Å². The lowest BCUT2D eigenvalue weighted by Crippen LogP contribution is -2.42. The molecule has 0 radical (unpaired) electrons. The van der Waals surface area contributed by atoms with Crippen LogP contribution in [0.2, 0.25) is 0 Å². The first-order valence-corrected chi connectivity index (χ1v) is 6.75. The minimum atomic E-state index is 0.0891. The summed E-state index contributed by atoms with van der Waals surface area (Å²) in [6.07, 6.45) is 0.538. The number of nitrogens with zero attached hydrogens (tertiary/aromatic N) is 1. The Kier molecular flexibility index (Phi) is 6.86. The first kappa shape index (κ1) is 17.4. The van der Waals surface area contributed by atoms with Crippen LogP contribution in [0.1, 0.15) is 41.0 Å². The van der Waals surface area contributed by atoms with Crippen LogP contribution in [-0.4, -0.2) is 44.0 Å². The van der Waals surface area contributed by atoms with Gasteiger partial charge in [-0.2, -0.15) is 0 Å². The van der Waals surface area contributed by atoms with E-state index >= 15 is 0 Å². The van der Waals surface area contributed by atoms with Crippen molar-refractivity contribution in [2.24, 2.45) is 16.6 Å². The quantitative estimate of drug-likeness (QED) is 0.726. The van der Waals surface area contributed by atoms with Crippen molar-refractivity contribution in [3.05, 3.63) is 0 Å². The normalized spacial score (nSPS) is 12.9. The Labute approximate surface area is 112 Å². The predicted octanol–water partition coefficient (Wildman–Crippen LogP) is 1.46. The molecule has 18 heavy (non-hydrogen) atoms. The highest BCUT2D eigenvalue weighted by molar-refractivity contribution is 5.76. The molecule has 3 N–H and O–H groups in total. The van der Waals surface area contributed by atoms with Crippen LogP contribution in [0.15, 0.2) is 0 Å². The van der Waals surface area contributed by atoms with Gasteiger partial charge in [0.25, 0.3) is 0 Å². The minimum absolute atomic E-state index is 0.0891. The van der Waals surface area contributed by atoms with Crippen LogP contribution in [0.5, 0.6) is 0 Å². The van der Waals surface area contributed by atoms with Gasteiger partial charge >= 0.3 is 0 Å². The maximum absolute atomic E-state index is 11.8. The highest BCUT2D eigenvalue weighted by Crippen LogP contribution is 2.36. The summed E-state index contributed by atoms with van der Waals surface area (Å²) in [5.41, 5.74) is 5.72. The molecule has 0 aromatic heterocycles.